The van der Waals surface area contributed by atoms with Crippen LogP contribution < -0.4 is 0 Å². The van der Waals surface area contributed by atoms with Gasteiger partial charge in [-0.15, -0.1) is 0 Å². The maximum atomic E-state index is 11.8. The lowest BCUT2D eigenvalue weighted by molar-refractivity contribution is -0.384. The van der Waals surface area contributed by atoms with Crippen LogP contribution in [-0.4, -0.2) is 33.5 Å². The highest BCUT2D eigenvalue weighted by Gasteiger charge is 2.15. The van der Waals surface area contributed by atoms with E-state index in [0.29, 0.717) is 17.9 Å². The largest absolute Gasteiger partial charge is 0.281 e. The van der Waals surface area contributed by atoms with E-state index in [2.05, 4.69) is 21.8 Å². The summed E-state index contributed by atoms with van der Waals surface area (Å²) >= 11 is 0. The van der Waals surface area contributed by atoms with E-state index in [-0.39, 0.29) is 11.3 Å². The molecule has 0 N–H and O–H groups in total. The van der Waals surface area contributed by atoms with E-state index in [1.807, 2.05) is 6.92 Å². The second-order valence-electron chi connectivity index (χ2n) is 4.68. The van der Waals surface area contributed by atoms with E-state index < -0.39 is 10.8 Å². The molecule has 2 aromatic rings. The molecule has 0 saturated heterocycles. The molecule has 0 radical (unpaired) electrons. The Morgan fingerprint density at radius 2 is 2.13 bits per heavy atom. The van der Waals surface area contributed by atoms with E-state index in [1.54, 1.807) is 16.8 Å². The molecule has 118 valence electrons. The fourth-order valence-corrected chi connectivity index (χ4v) is 1.94. The molecule has 2 rings (SSSR count). The molecule has 0 aliphatic carbocycles. The number of carbonyl (C=O) groups excluding carboxylic acids is 1. The number of aromatic nitrogens is 2. The fourth-order valence-electron chi connectivity index (χ4n) is 1.94. The van der Waals surface area contributed by atoms with Gasteiger partial charge in [0.1, 0.15) is 5.56 Å². The summed E-state index contributed by atoms with van der Waals surface area (Å²) in [5, 5.41) is 14.8. The summed E-state index contributed by atoms with van der Waals surface area (Å²) in [7, 11) is 0. The number of hydrogen-bond donors (Lipinski definition) is 0. The van der Waals surface area contributed by atoms with Gasteiger partial charge in [0, 0.05) is 24.9 Å². The van der Waals surface area contributed by atoms with E-state index in [9.17, 15) is 14.9 Å². The number of rotatable bonds is 6. The van der Waals surface area contributed by atoms with Crippen molar-refractivity contribution in [2.45, 2.75) is 19.9 Å². The molecule has 1 amide bonds. The van der Waals surface area contributed by atoms with Crippen LogP contribution in [0.1, 0.15) is 29.3 Å². The lowest BCUT2D eigenvalue weighted by Crippen LogP contribution is -2.00. The molecule has 0 saturated carbocycles. The molecule has 1 aromatic heterocycles. The van der Waals surface area contributed by atoms with Gasteiger partial charge in [-0.2, -0.15) is 5.10 Å². The minimum absolute atomic E-state index is 0.00454. The third-order valence-electron chi connectivity index (χ3n) is 3.06. The maximum Gasteiger partial charge on any atom is 0.281 e. The zero-order valence-corrected chi connectivity index (χ0v) is 12.5. The highest BCUT2D eigenvalue weighted by molar-refractivity contribution is 6.01. The van der Waals surface area contributed by atoms with Crippen molar-refractivity contribution < 1.29 is 9.72 Å². The lowest BCUT2D eigenvalue weighted by atomic mass is 10.2. The fraction of sp³-hybridized carbons (Fsp3) is 0.200. The highest BCUT2D eigenvalue weighted by atomic mass is 16.6. The number of nitro groups is 1. The molecule has 23 heavy (non-hydrogen) atoms. The summed E-state index contributed by atoms with van der Waals surface area (Å²) in [6.45, 7) is 5.82. The Labute approximate surface area is 132 Å². The van der Waals surface area contributed by atoms with Gasteiger partial charge in [0.15, 0.2) is 5.82 Å². The minimum Gasteiger partial charge on any atom is -0.267 e. The molecular formula is C15H15N5O3. The van der Waals surface area contributed by atoms with Crippen molar-refractivity contribution in [2.24, 2.45) is 9.98 Å². The Hall–Kier alpha value is -3.16. The molecular weight excluding hydrogens is 298 g/mol. The molecule has 1 heterocycles. The molecule has 0 atom stereocenters. The number of carbonyl (C=O) groups is 1. The first kappa shape index (κ1) is 16.2. The van der Waals surface area contributed by atoms with Crippen molar-refractivity contribution in [2.75, 3.05) is 0 Å². The number of hydrogen-bond acceptors (Lipinski definition) is 5. The molecule has 0 aliphatic rings. The number of nitrogens with zero attached hydrogens (tertiary/aromatic N) is 5. The van der Waals surface area contributed by atoms with Gasteiger partial charge in [-0.3, -0.25) is 14.9 Å². The van der Waals surface area contributed by atoms with Crippen molar-refractivity contribution in [1.29, 1.82) is 0 Å². The zero-order chi connectivity index (χ0) is 16.8. The van der Waals surface area contributed by atoms with Crippen LogP contribution in [0.2, 0.25) is 0 Å². The van der Waals surface area contributed by atoms with Gasteiger partial charge in [0.25, 0.3) is 11.6 Å². The van der Waals surface area contributed by atoms with Crippen molar-refractivity contribution in [1.82, 2.24) is 9.78 Å². The Morgan fingerprint density at radius 3 is 2.70 bits per heavy atom. The molecule has 0 bridgehead atoms. The van der Waals surface area contributed by atoms with Crippen molar-refractivity contribution in [3.63, 3.8) is 0 Å². The van der Waals surface area contributed by atoms with Crippen LogP contribution in [-0.2, 0) is 6.54 Å². The molecule has 0 fully saturated rings. The number of aryl methyl sites for hydroxylation is 1. The van der Waals surface area contributed by atoms with Crippen LogP contribution in [0.25, 0.3) is 0 Å². The maximum absolute atomic E-state index is 11.8. The number of amides is 1. The van der Waals surface area contributed by atoms with Gasteiger partial charge in [-0.25, -0.2) is 14.7 Å². The molecule has 8 nitrogen and oxygen atoms in total. The van der Waals surface area contributed by atoms with Crippen LogP contribution >= 0.6 is 0 Å². The second kappa shape index (κ2) is 7.21. The first-order valence-electron chi connectivity index (χ1n) is 6.92. The first-order chi connectivity index (χ1) is 11.1. The molecule has 0 spiro atoms. The quantitative estimate of drug-likeness (QED) is 0.464. The summed E-state index contributed by atoms with van der Waals surface area (Å²) in [5.74, 6) is -0.106. The van der Waals surface area contributed by atoms with Crippen LogP contribution in [0.15, 0.2) is 40.4 Å². The topological polar surface area (TPSA) is 103 Å². The van der Waals surface area contributed by atoms with E-state index in [1.165, 1.54) is 24.5 Å². The normalized spacial score (nSPS) is 10.8. The summed E-state index contributed by atoms with van der Waals surface area (Å²) in [4.78, 5) is 29.6. The predicted molar refractivity (Wildman–Crippen MR) is 86.7 cm³/mol. The van der Waals surface area contributed by atoms with Crippen molar-refractivity contribution >= 4 is 30.3 Å². The molecule has 0 unspecified atom stereocenters. The summed E-state index contributed by atoms with van der Waals surface area (Å²) in [5.41, 5.74) is 0.946. The minimum atomic E-state index is -0.497. The third kappa shape index (κ3) is 3.73. The summed E-state index contributed by atoms with van der Waals surface area (Å²) in [6, 6.07) is 5.94. The molecule has 0 aliphatic heterocycles. The highest BCUT2D eigenvalue weighted by Crippen LogP contribution is 2.21. The Morgan fingerprint density at radius 1 is 1.43 bits per heavy atom. The van der Waals surface area contributed by atoms with Gasteiger partial charge in [0.2, 0.25) is 0 Å². The molecule has 1 aromatic carbocycles. The Bertz CT molecular complexity index is 762. The van der Waals surface area contributed by atoms with Crippen LogP contribution in [0.5, 0.6) is 0 Å². The number of benzene rings is 1. The van der Waals surface area contributed by atoms with Gasteiger partial charge in [-0.1, -0.05) is 6.92 Å². The van der Waals surface area contributed by atoms with Crippen LogP contribution in [0.3, 0.4) is 0 Å². The van der Waals surface area contributed by atoms with Gasteiger partial charge < -0.3 is 0 Å². The number of nitro benzene ring substituents is 1. The lowest BCUT2D eigenvalue weighted by Gasteiger charge is -2.02. The van der Waals surface area contributed by atoms with Gasteiger partial charge >= 0.3 is 0 Å². The third-order valence-corrected chi connectivity index (χ3v) is 3.06. The van der Waals surface area contributed by atoms with Gasteiger partial charge in [-0.05, 0) is 30.8 Å². The van der Waals surface area contributed by atoms with Gasteiger partial charge in [0.05, 0.1) is 11.1 Å². The Balaban J connectivity index is 2.33. The number of aliphatic imine (C=N–C) groups is 2. The zero-order valence-electron chi connectivity index (χ0n) is 12.5. The monoisotopic (exact) mass is 313 g/mol. The SMILES string of the molecule is C=NC(=O)c1cnn(CCC)c1N=Cc1ccc([N+](=O)[O-])cc1. The second-order valence-corrected chi connectivity index (χ2v) is 4.68. The standard InChI is InChI=1S/C15H15N5O3/c1-3-8-19-14(13(10-18-19)15(21)16-2)17-9-11-4-6-12(7-5-11)20(22)23/h4-7,9-10H,2-3,8H2,1H3. The average Bonchev–Trinajstić information content (AvgIpc) is 2.95. The molecule has 8 heteroatoms. The average molecular weight is 313 g/mol. The first-order valence-corrected chi connectivity index (χ1v) is 6.92. The number of non-ortho nitro benzene ring substituents is 1. The Kier molecular flexibility index (Phi) is 5.08. The van der Waals surface area contributed by atoms with E-state index in [4.69, 9.17) is 0 Å². The summed E-state index contributed by atoms with van der Waals surface area (Å²) in [6.07, 6.45) is 3.76. The van der Waals surface area contributed by atoms with Crippen molar-refractivity contribution in [3.05, 3.63) is 51.7 Å². The van der Waals surface area contributed by atoms with Crippen LogP contribution in [0.4, 0.5) is 11.5 Å². The van der Waals surface area contributed by atoms with Crippen LogP contribution in [0, 0.1) is 10.1 Å². The smallest absolute Gasteiger partial charge is 0.267 e. The summed E-state index contributed by atoms with van der Waals surface area (Å²) < 4.78 is 1.61. The van der Waals surface area contributed by atoms with Crippen molar-refractivity contribution in [3.8, 4) is 0 Å². The van der Waals surface area contributed by atoms with E-state index in [0.717, 1.165) is 6.42 Å². The van der Waals surface area contributed by atoms with E-state index >= 15 is 0 Å². The predicted octanol–water partition coefficient (Wildman–Crippen LogP) is 2.79.